The standard InChI is InChI=1S/C18H28N2O/c1-6-9-20(5)13-19-16-10-15(3)17(11-14(16)2)21-12-18(4)7-8-18/h10-11,13H,6-9,12H2,1-5H3/b19-13+. The molecule has 0 atom stereocenters. The van der Waals surface area contributed by atoms with Crippen LogP contribution in [0.25, 0.3) is 0 Å². The van der Waals surface area contributed by atoms with E-state index < -0.39 is 0 Å². The van der Waals surface area contributed by atoms with Gasteiger partial charge in [0, 0.05) is 19.0 Å². The second kappa shape index (κ2) is 6.50. The van der Waals surface area contributed by atoms with Crippen LogP contribution in [0.2, 0.25) is 0 Å². The van der Waals surface area contributed by atoms with Crippen molar-refractivity contribution in [1.82, 2.24) is 4.90 Å². The molecule has 0 radical (unpaired) electrons. The van der Waals surface area contributed by atoms with Crippen LogP contribution in [0.1, 0.15) is 44.2 Å². The van der Waals surface area contributed by atoms with E-state index in [2.05, 4.69) is 56.8 Å². The van der Waals surface area contributed by atoms with Crippen molar-refractivity contribution < 1.29 is 4.74 Å². The van der Waals surface area contributed by atoms with Crippen LogP contribution in [-0.2, 0) is 0 Å². The summed E-state index contributed by atoms with van der Waals surface area (Å²) in [4.78, 5) is 6.71. The van der Waals surface area contributed by atoms with Gasteiger partial charge in [-0.2, -0.15) is 0 Å². The molecule has 0 unspecified atom stereocenters. The SMILES string of the molecule is CCCN(C)/C=N/c1cc(C)c(OCC2(C)CC2)cc1C. The van der Waals surface area contributed by atoms with Gasteiger partial charge in [-0.15, -0.1) is 0 Å². The van der Waals surface area contributed by atoms with Crippen molar-refractivity contribution in [2.24, 2.45) is 10.4 Å². The van der Waals surface area contributed by atoms with E-state index in [9.17, 15) is 0 Å². The Balaban J connectivity index is 2.05. The molecule has 1 saturated carbocycles. The monoisotopic (exact) mass is 288 g/mol. The molecule has 0 heterocycles. The van der Waals surface area contributed by atoms with E-state index in [1.54, 1.807) is 0 Å². The molecule has 1 aromatic carbocycles. The van der Waals surface area contributed by atoms with Gasteiger partial charge >= 0.3 is 0 Å². The highest BCUT2D eigenvalue weighted by Crippen LogP contribution is 2.45. The summed E-state index contributed by atoms with van der Waals surface area (Å²) < 4.78 is 6.00. The summed E-state index contributed by atoms with van der Waals surface area (Å²) in [7, 11) is 2.06. The van der Waals surface area contributed by atoms with Crippen LogP contribution in [0.15, 0.2) is 17.1 Å². The molecular formula is C18H28N2O. The summed E-state index contributed by atoms with van der Waals surface area (Å²) in [5.41, 5.74) is 3.77. The predicted molar refractivity (Wildman–Crippen MR) is 89.8 cm³/mol. The molecule has 0 saturated heterocycles. The number of aryl methyl sites for hydroxylation is 2. The van der Waals surface area contributed by atoms with Crippen molar-refractivity contribution in [3.05, 3.63) is 23.3 Å². The van der Waals surface area contributed by atoms with Gasteiger partial charge in [0.05, 0.1) is 18.6 Å². The molecule has 0 amide bonds. The van der Waals surface area contributed by atoms with Gasteiger partial charge in [0.2, 0.25) is 0 Å². The Kier molecular flexibility index (Phi) is 4.92. The summed E-state index contributed by atoms with van der Waals surface area (Å²) >= 11 is 0. The molecular weight excluding hydrogens is 260 g/mol. The molecule has 3 nitrogen and oxygen atoms in total. The van der Waals surface area contributed by atoms with Gasteiger partial charge in [0.1, 0.15) is 5.75 Å². The van der Waals surface area contributed by atoms with Gasteiger partial charge in [0.15, 0.2) is 0 Å². The lowest BCUT2D eigenvalue weighted by Gasteiger charge is -2.15. The summed E-state index contributed by atoms with van der Waals surface area (Å²) in [6.45, 7) is 10.5. The van der Waals surface area contributed by atoms with E-state index in [1.807, 2.05) is 6.34 Å². The average Bonchev–Trinajstić information content (AvgIpc) is 3.16. The van der Waals surface area contributed by atoms with Crippen LogP contribution in [0, 0.1) is 19.3 Å². The van der Waals surface area contributed by atoms with Gasteiger partial charge < -0.3 is 9.64 Å². The van der Waals surface area contributed by atoms with E-state index in [4.69, 9.17) is 4.74 Å². The fraction of sp³-hybridized carbons (Fsp3) is 0.611. The number of rotatable bonds is 7. The third kappa shape index (κ3) is 4.48. The number of benzene rings is 1. The number of hydrogen-bond acceptors (Lipinski definition) is 2. The van der Waals surface area contributed by atoms with E-state index >= 15 is 0 Å². The molecule has 3 heteroatoms. The van der Waals surface area contributed by atoms with E-state index in [0.29, 0.717) is 5.41 Å². The first-order valence-electron chi connectivity index (χ1n) is 7.92. The van der Waals surface area contributed by atoms with Crippen molar-refractivity contribution in [2.75, 3.05) is 20.2 Å². The zero-order chi connectivity index (χ0) is 15.5. The lowest BCUT2D eigenvalue weighted by atomic mass is 10.1. The normalized spacial score (nSPS) is 16.2. The highest BCUT2D eigenvalue weighted by Gasteiger charge is 2.38. The molecule has 1 aliphatic rings. The van der Waals surface area contributed by atoms with Crippen molar-refractivity contribution in [3.63, 3.8) is 0 Å². The van der Waals surface area contributed by atoms with Gasteiger partial charge in [-0.1, -0.05) is 13.8 Å². The topological polar surface area (TPSA) is 24.8 Å². The second-order valence-corrected chi connectivity index (χ2v) is 6.73. The second-order valence-electron chi connectivity index (χ2n) is 6.73. The minimum atomic E-state index is 0.417. The summed E-state index contributed by atoms with van der Waals surface area (Å²) in [6.07, 6.45) is 5.62. The van der Waals surface area contributed by atoms with Crippen molar-refractivity contribution in [1.29, 1.82) is 0 Å². The molecule has 0 aliphatic heterocycles. The minimum absolute atomic E-state index is 0.417. The molecule has 116 valence electrons. The fourth-order valence-electron chi connectivity index (χ4n) is 2.25. The lowest BCUT2D eigenvalue weighted by Crippen LogP contribution is -2.16. The molecule has 1 fully saturated rings. The predicted octanol–water partition coefficient (Wildman–Crippen LogP) is 4.48. The van der Waals surface area contributed by atoms with E-state index in [-0.39, 0.29) is 0 Å². The highest BCUT2D eigenvalue weighted by atomic mass is 16.5. The molecule has 0 spiro atoms. The lowest BCUT2D eigenvalue weighted by molar-refractivity contribution is 0.246. The molecule has 1 aliphatic carbocycles. The maximum absolute atomic E-state index is 6.00. The summed E-state index contributed by atoms with van der Waals surface area (Å²) in [5.74, 6) is 1.00. The first-order chi connectivity index (χ1) is 9.93. The maximum atomic E-state index is 6.00. The molecule has 2 rings (SSSR count). The molecule has 21 heavy (non-hydrogen) atoms. The van der Waals surface area contributed by atoms with Crippen LogP contribution in [0.3, 0.4) is 0 Å². The zero-order valence-corrected chi connectivity index (χ0v) is 14.1. The average molecular weight is 288 g/mol. The van der Waals surface area contributed by atoms with Gasteiger partial charge in [0.25, 0.3) is 0 Å². The van der Waals surface area contributed by atoms with Gasteiger partial charge in [-0.3, -0.25) is 0 Å². The largest absolute Gasteiger partial charge is 0.493 e. The van der Waals surface area contributed by atoms with Crippen LogP contribution >= 0.6 is 0 Å². The number of hydrogen-bond donors (Lipinski definition) is 0. The van der Waals surface area contributed by atoms with Crippen LogP contribution in [0.4, 0.5) is 5.69 Å². The molecule has 0 N–H and O–H groups in total. The van der Waals surface area contributed by atoms with Crippen LogP contribution < -0.4 is 4.74 Å². The Morgan fingerprint density at radius 2 is 2.00 bits per heavy atom. The number of nitrogens with zero attached hydrogens (tertiary/aromatic N) is 2. The first-order valence-corrected chi connectivity index (χ1v) is 7.92. The third-order valence-electron chi connectivity index (χ3n) is 4.14. The molecule has 0 aromatic heterocycles. The van der Waals surface area contributed by atoms with Gasteiger partial charge in [-0.05, 0) is 56.4 Å². The van der Waals surface area contributed by atoms with Crippen molar-refractivity contribution >= 4 is 12.0 Å². The highest BCUT2D eigenvalue weighted by molar-refractivity contribution is 5.64. The molecule has 1 aromatic rings. The van der Waals surface area contributed by atoms with Crippen molar-refractivity contribution in [3.8, 4) is 5.75 Å². The van der Waals surface area contributed by atoms with E-state index in [0.717, 1.165) is 42.1 Å². The smallest absolute Gasteiger partial charge is 0.122 e. The van der Waals surface area contributed by atoms with Crippen LogP contribution in [0.5, 0.6) is 5.75 Å². The Bertz CT molecular complexity index is 518. The quantitative estimate of drug-likeness (QED) is 0.545. The van der Waals surface area contributed by atoms with Crippen molar-refractivity contribution in [2.45, 2.75) is 47.0 Å². The maximum Gasteiger partial charge on any atom is 0.122 e. The number of ether oxygens (including phenoxy) is 1. The Morgan fingerprint density at radius 1 is 1.29 bits per heavy atom. The first kappa shape index (κ1) is 15.9. The summed E-state index contributed by atoms with van der Waals surface area (Å²) in [5, 5.41) is 0. The number of aliphatic imine (C=N–C) groups is 1. The van der Waals surface area contributed by atoms with Crippen LogP contribution in [-0.4, -0.2) is 31.4 Å². The molecule has 0 bridgehead atoms. The Hall–Kier alpha value is -1.51. The van der Waals surface area contributed by atoms with E-state index in [1.165, 1.54) is 12.8 Å². The fourth-order valence-corrected chi connectivity index (χ4v) is 2.25. The Labute approximate surface area is 129 Å². The van der Waals surface area contributed by atoms with Gasteiger partial charge in [-0.25, -0.2) is 4.99 Å². The third-order valence-corrected chi connectivity index (χ3v) is 4.14. The summed E-state index contributed by atoms with van der Waals surface area (Å²) in [6, 6.07) is 4.24. The Morgan fingerprint density at radius 3 is 2.62 bits per heavy atom. The minimum Gasteiger partial charge on any atom is -0.493 e. The zero-order valence-electron chi connectivity index (χ0n) is 14.1.